The van der Waals surface area contributed by atoms with Gasteiger partial charge in [0.25, 0.3) is 0 Å². The summed E-state index contributed by atoms with van der Waals surface area (Å²) < 4.78 is 23.6. The largest absolute Gasteiger partial charge is 0.379 e. The first-order chi connectivity index (χ1) is 22.4. The second-order valence-electron chi connectivity index (χ2n) is 12.2. The zero-order valence-corrected chi connectivity index (χ0v) is 27.7. The van der Waals surface area contributed by atoms with Crippen LogP contribution in [0.5, 0.6) is 0 Å². The topological polar surface area (TPSA) is 86.3 Å². The number of hydrogen-bond donors (Lipinski definition) is 1. The maximum Gasteiger partial charge on any atom is 0.227 e. The van der Waals surface area contributed by atoms with E-state index in [4.69, 9.17) is 26.8 Å². The van der Waals surface area contributed by atoms with E-state index >= 15 is 0 Å². The third kappa shape index (κ3) is 10.7. The highest BCUT2D eigenvalue weighted by molar-refractivity contribution is 6.11. The van der Waals surface area contributed by atoms with E-state index in [1.807, 2.05) is 74.2 Å². The lowest BCUT2D eigenvalue weighted by Crippen LogP contribution is -2.41. The smallest absolute Gasteiger partial charge is 0.227 e. The molecule has 0 aromatic heterocycles. The Bertz CT molecular complexity index is 1320. The summed E-state index contributed by atoms with van der Waals surface area (Å²) in [5, 5.41) is 3.02. The molecule has 2 aromatic rings. The van der Waals surface area contributed by atoms with E-state index in [9.17, 15) is 9.59 Å². The van der Waals surface area contributed by atoms with Crippen molar-refractivity contribution in [1.82, 2.24) is 5.32 Å². The highest BCUT2D eigenvalue weighted by Gasteiger charge is 2.44. The van der Waals surface area contributed by atoms with Crippen molar-refractivity contribution in [2.45, 2.75) is 109 Å². The predicted molar refractivity (Wildman–Crippen MR) is 181 cm³/mol. The normalized spacial score (nSPS) is 20.3. The molecular formula is C37H49BN2O6. The van der Waals surface area contributed by atoms with Crippen LogP contribution in [0.15, 0.2) is 48.5 Å². The number of benzene rings is 2. The first-order valence-electron chi connectivity index (χ1n) is 16.9. The Labute approximate surface area is 276 Å². The summed E-state index contributed by atoms with van der Waals surface area (Å²) in [5.74, 6) is 6.56. The monoisotopic (exact) mass is 628 g/mol. The Morgan fingerprint density at radius 3 is 2.48 bits per heavy atom. The fourth-order valence-electron chi connectivity index (χ4n) is 5.81. The maximum atomic E-state index is 13.3. The Morgan fingerprint density at radius 2 is 1.67 bits per heavy atom. The number of fused-ring (bicyclic) bond motifs is 2. The molecule has 2 amide bonds. The fourth-order valence-corrected chi connectivity index (χ4v) is 5.81. The molecular weight excluding hydrogens is 579 g/mol. The Balaban J connectivity index is 1.08. The lowest BCUT2D eigenvalue weighted by Gasteiger charge is -2.26. The van der Waals surface area contributed by atoms with Crippen LogP contribution in [0.3, 0.4) is 0 Å². The summed E-state index contributed by atoms with van der Waals surface area (Å²) in [6.07, 6.45) is 5.15. The Morgan fingerprint density at radius 1 is 0.957 bits per heavy atom. The molecule has 0 aliphatic carbocycles. The van der Waals surface area contributed by atoms with Gasteiger partial charge in [0.15, 0.2) is 0 Å². The summed E-state index contributed by atoms with van der Waals surface area (Å²) in [5.41, 5.74) is 3.67. The number of carbonyl (C=O) groups is 2. The summed E-state index contributed by atoms with van der Waals surface area (Å²) >= 11 is 0. The molecule has 2 radical (unpaired) electrons. The number of unbranched alkanes of at least 4 members (excludes halogenated alkanes) is 4. The molecule has 8 nitrogen and oxygen atoms in total. The molecule has 2 aliphatic rings. The second-order valence-corrected chi connectivity index (χ2v) is 12.2. The van der Waals surface area contributed by atoms with Gasteiger partial charge in [-0.1, -0.05) is 55.0 Å². The number of nitrogens with one attached hydrogen (secondary N) is 1. The van der Waals surface area contributed by atoms with Crippen LogP contribution < -0.4 is 10.2 Å². The SMILES string of the molecule is [B]C1OC(COCC)C(OC(C)C)C1OCCCCCCNC(=O)CCCCC(=O)N1Cc2ccccc2C#Cc2ccccc21. The van der Waals surface area contributed by atoms with E-state index in [-0.39, 0.29) is 36.2 Å². The van der Waals surface area contributed by atoms with Crippen molar-refractivity contribution in [3.63, 3.8) is 0 Å². The van der Waals surface area contributed by atoms with Crippen molar-refractivity contribution in [1.29, 1.82) is 0 Å². The van der Waals surface area contributed by atoms with E-state index in [1.165, 1.54) is 0 Å². The molecule has 9 heteroatoms. The average Bonchev–Trinajstić information content (AvgIpc) is 3.33. The van der Waals surface area contributed by atoms with Crippen LogP contribution in [0, 0.1) is 11.8 Å². The van der Waals surface area contributed by atoms with Crippen LogP contribution in [-0.4, -0.2) is 76.4 Å². The van der Waals surface area contributed by atoms with Crippen LogP contribution in [0.1, 0.15) is 88.8 Å². The molecule has 0 spiro atoms. The summed E-state index contributed by atoms with van der Waals surface area (Å²) in [7, 11) is 6.21. The number of rotatable bonds is 18. The third-order valence-electron chi connectivity index (χ3n) is 8.18. The minimum atomic E-state index is -0.537. The quantitative estimate of drug-likeness (QED) is 0.137. The highest BCUT2D eigenvalue weighted by Crippen LogP contribution is 2.28. The Hall–Kier alpha value is -3.16. The number of carbonyl (C=O) groups excluding carboxylic acids is 2. The van der Waals surface area contributed by atoms with Crippen molar-refractivity contribution < 1.29 is 28.5 Å². The van der Waals surface area contributed by atoms with Gasteiger partial charge in [-0.25, -0.2) is 0 Å². The van der Waals surface area contributed by atoms with E-state index < -0.39 is 6.00 Å². The van der Waals surface area contributed by atoms with Crippen LogP contribution in [0.4, 0.5) is 5.69 Å². The van der Waals surface area contributed by atoms with Crippen molar-refractivity contribution in [3.05, 3.63) is 65.2 Å². The van der Waals surface area contributed by atoms with Crippen LogP contribution >= 0.6 is 0 Å². The zero-order valence-electron chi connectivity index (χ0n) is 27.7. The number of anilines is 1. The summed E-state index contributed by atoms with van der Waals surface area (Å²) in [6, 6.07) is 15.2. The first-order valence-corrected chi connectivity index (χ1v) is 16.9. The van der Waals surface area contributed by atoms with Gasteiger partial charge in [0, 0.05) is 49.7 Å². The number of ether oxygens (including phenoxy) is 4. The minimum Gasteiger partial charge on any atom is -0.379 e. The lowest BCUT2D eigenvalue weighted by atomic mass is 9.92. The van der Waals surface area contributed by atoms with Gasteiger partial charge in [-0.3, -0.25) is 9.59 Å². The molecule has 0 bridgehead atoms. The van der Waals surface area contributed by atoms with Crippen molar-refractivity contribution in [2.75, 3.05) is 31.3 Å². The van der Waals surface area contributed by atoms with Gasteiger partial charge < -0.3 is 29.2 Å². The van der Waals surface area contributed by atoms with E-state index in [1.54, 1.807) is 0 Å². The first kappa shape index (κ1) is 35.7. The molecule has 1 saturated heterocycles. The predicted octanol–water partition coefficient (Wildman–Crippen LogP) is 5.28. The van der Waals surface area contributed by atoms with Gasteiger partial charge >= 0.3 is 0 Å². The molecule has 4 rings (SSSR count). The summed E-state index contributed by atoms with van der Waals surface area (Å²) in [4.78, 5) is 27.6. The van der Waals surface area contributed by atoms with Gasteiger partial charge in [-0.05, 0) is 70.2 Å². The highest BCUT2D eigenvalue weighted by atomic mass is 16.6. The van der Waals surface area contributed by atoms with Gasteiger partial charge in [-0.15, -0.1) is 0 Å². The van der Waals surface area contributed by atoms with Gasteiger partial charge in [0.2, 0.25) is 11.8 Å². The van der Waals surface area contributed by atoms with Crippen LogP contribution in [-0.2, 0) is 35.1 Å². The van der Waals surface area contributed by atoms with E-state index in [0.717, 1.165) is 48.1 Å². The van der Waals surface area contributed by atoms with Crippen molar-refractivity contribution in [2.24, 2.45) is 0 Å². The lowest BCUT2D eigenvalue weighted by molar-refractivity contribution is -0.122. The van der Waals surface area contributed by atoms with Crippen LogP contribution in [0.25, 0.3) is 0 Å². The zero-order chi connectivity index (χ0) is 32.7. The molecule has 4 unspecified atom stereocenters. The third-order valence-corrected chi connectivity index (χ3v) is 8.18. The number of hydrogen-bond acceptors (Lipinski definition) is 6. The maximum absolute atomic E-state index is 13.3. The molecule has 1 fully saturated rings. The van der Waals surface area contributed by atoms with Crippen LogP contribution in [0.2, 0.25) is 0 Å². The molecule has 0 saturated carbocycles. The van der Waals surface area contributed by atoms with Gasteiger partial charge in [0.05, 0.1) is 24.9 Å². The molecule has 4 atom stereocenters. The second kappa shape index (κ2) is 18.9. The number of amides is 2. The fraction of sp³-hybridized carbons (Fsp3) is 0.568. The number of para-hydroxylation sites is 1. The minimum absolute atomic E-state index is 0.0320. The van der Waals surface area contributed by atoms with Gasteiger partial charge in [0.1, 0.15) is 26.2 Å². The van der Waals surface area contributed by atoms with E-state index in [2.05, 4.69) is 17.2 Å². The molecule has 246 valence electrons. The molecule has 2 aromatic carbocycles. The standard InChI is InChI=1S/C37H49BN2O6/c1-4-43-26-32-35(45-27(2)3)36(37(38)46-32)44-24-14-6-5-13-23-39-33(41)19-11-12-20-34(42)40-25-30-17-8-7-15-28(30)21-22-29-16-9-10-18-31(29)40/h7-10,15-18,27,32,35-37H,4-6,11-14,19-20,23-26H2,1-3H3,(H,39,41). The molecule has 2 aliphatic heterocycles. The molecule has 1 N–H and O–H groups in total. The molecule has 2 heterocycles. The molecule has 46 heavy (non-hydrogen) atoms. The van der Waals surface area contributed by atoms with Crippen molar-refractivity contribution in [3.8, 4) is 11.8 Å². The average molecular weight is 629 g/mol. The van der Waals surface area contributed by atoms with Crippen molar-refractivity contribution >= 4 is 25.3 Å². The number of nitrogens with zero attached hydrogens (tertiary/aromatic N) is 1. The van der Waals surface area contributed by atoms with E-state index in [0.29, 0.717) is 58.6 Å². The Kier molecular flexibility index (Phi) is 14.6. The van der Waals surface area contributed by atoms with Gasteiger partial charge in [-0.2, -0.15) is 0 Å². The summed E-state index contributed by atoms with van der Waals surface area (Å²) in [6.45, 7) is 8.69.